The van der Waals surface area contributed by atoms with Gasteiger partial charge in [0.15, 0.2) is 0 Å². The van der Waals surface area contributed by atoms with Crippen molar-refractivity contribution in [3.8, 4) is 16.9 Å². The minimum Gasteiger partial charge on any atom is -0.293 e. The van der Waals surface area contributed by atoms with Crippen molar-refractivity contribution in [2.75, 3.05) is 6.54 Å². The van der Waals surface area contributed by atoms with E-state index in [4.69, 9.17) is 17.3 Å². The Labute approximate surface area is 184 Å². The average Bonchev–Trinajstić information content (AvgIpc) is 3.26. The zero-order valence-corrected chi connectivity index (χ0v) is 18.2. The number of carbonyl (C=O) groups is 1. The van der Waals surface area contributed by atoms with Crippen LogP contribution < -0.4 is 0 Å². The number of carbonyl (C=O) groups excluding carboxylic acids is 1. The van der Waals surface area contributed by atoms with Crippen molar-refractivity contribution in [1.82, 2.24) is 14.7 Å². The van der Waals surface area contributed by atoms with Crippen LogP contribution in [0.15, 0.2) is 65.7 Å². The summed E-state index contributed by atoms with van der Waals surface area (Å²) in [6.45, 7) is 4.70. The van der Waals surface area contributed by atoms with Gasteiger partial charge in [0, 0.05) is 23.9 Å². The molecule has 1 fully saturated rings. The first kappa shape index (κ1) is 20.5. The van der Waals surface area contributed by atoms with Crippen molar-refractivity contribution < 1.29 is 9.18 Å². The monoisotopic (exact) mass is 437 g/mol. The van der Waals surface area contributed by atoms with E-state index in [9.17, 15) is 9.18 Å². The molecule has 4 rings (SSSR count). The molecule has 1 aromatic heterocycles. The fourth-order valence-corrected chi connectivity index (χ4v) is 4.47. The average molecular weight is 438 g/mol. The van der Waals surface area contributed by atoms with E-state index < -0.39 is 0 Å². The van der Waals surface area contributed by atoms with E-state index in [1.54, 1.807) is 21.7 Å². The van der Waals surface area contributed by atoms with Gasteiger partial charge in [0.05, 0.1) is 16.3 Å². The van der Waals surface area contributed by atoms with Crippen molar-refractivity contribution in [3.05, 3.63) is 77.1 Å². The van der Waals surface area contributed by atoms with E-state index in [2.05, 4.69) is 13.8 Å². The highest BCUT2D eigenvalue weighted by Gasteiger charge is 2.32. The van der Waals surface area contributed by atoms with Crippen molar-refractivity contribution in [3.63, 3.8) is 0 Å². The van der Waals surface area contributed by atoms with Gasteiger partial charge in [-0.2, -0.15) is 5.10 Å². The van der Waals surface area contributed by atoms with E-state index in [1.807, 2.05) is 42.6 Å². The van der Waals surface area contributed by atoms with Crippen LogP contribution in [0.4, 0.5) is 4.39 Å². The molecule has 30 heavy (non-hydrogen) atoms. The van der Waals surface area contributed by atoms with Crippen LogP contribution in [0.5, 0.6) is 0 Å². The third-order valence-corrected chi connectivity index (χ3v) is 5.97. The second-order valence-electron chi connectivity index (χ2n) is 7.41. The molecule has 2 heterocycles. The van der Waals surface area contributed by atoms with E-state index in [0.717, 1.165) is 16.8 Å². The first-order valence-electron chi connectivity index (χ1n) is 9.59. The summed E-state index contributed by atoms with van der Waals surface area (Å²) in [7, 11) is 0. The Bertz CT molecular complexity index is 1120. The lowest BCUT2D eigenvalue weighted by Gasteiger charge is -2.16. The molecule has 0 bridgehead atoms. The van der Waals surface area contributed by atoms with Crippen LogP contribution in [-0.4, -0.2) is 31.5 Å². The fraction of sp³-hybridized carbons (Fsp3) is 0.174. The van der Waals surface area contributed by atoms with Gasteiger partial charge in [-0.05, 0) is 48.4 Å². The van der Waals surface area contributed by atoms with Crippen LogP contribution in [0.1, 0.15) is 19.4 Å². The molecule has 0 unspecified atom stereocenters. The van der Waals surface area contributed by atoms with Gasteiger partial charge in [-0.15, -0.1) is 0 Å². The SMILES string of the molecule is CC(C)CN1C(=O)/C(=C\c2cn(-c3ccccc3)nc2-c2ccc(F)cc2)SC1=S. The Morgan fingerprint density at radius 3 is 2.50 bits per heavy atom. The highest BCUT2D eigenvalue weighted by molar-refractivity contribution is 8.26. The quantitative estimate of drug-likeness (QED) is 0.388. The Morgan fingerprint density at radius 2 is 1.83 bits per heavy atom. The molecule has 2 aromatic carbocycles. The third kappa shape index (κ3) is 4.22. The molecule has 1 aliphatic rings. The molecule has 7 heteroatoms. The molecule has 0 spiro atoms. The predicted molar refractivity (Wildman–Crippen MR) is 124 cm³/mol. The molecule has 0 radical (unpaired) electrons. The van der Waals surface area contributed by atoms with Gasteiger partial charge in [-0.1, -0.05) is 56.0 Å². The van der Waals surface area contributed by atoms with Crippen LogP contribution in [0.2, 0.25) is 0 Å². The number of amides is 1. The lowest BCUT2D eigenvalue weighted by Crippen LogP contribution is -2.31. The van der Waals surface area contributed by atoms with Gasteiger partial charge in [-0.3, -0.25) is 9.69 Å². The third-order valence-electron chi connectivity index (χ3n) is 4.59. The molecule has 152 valence electrons. The number of rotatable bonds is 5. The van der Waals surface area contributed by atoms with Crippen molar-refractivity contribution in [2.24, 2.45) is 5.92 Å². The lowest BCUT2D eigenvalue weighted by atomic mass is 10.1. The molecular formula is C23H20FN3OS2. The zero-order valence-electron chi connectivity index (χ0n) is 16.6. The molecular weight excluding hydrogens is 417 g/mol. The summed E-state index contributed by atoms with van der Waals surface area (Å²) < 4.78 is 15.8. The summed E-state index contributed by atoms with van der Waals surface area (Å²) in [4.78, 5) is 15.1. The normalized spacial score (nSPS) is 15.6. The highest BCUT2D eigenvalue weighted by Crippen LogP contribution is 2.35. The first-order chi connectivity index (χ1) is 14.4. The van der Waals surface area contributed by atoms with E-state index in [1.165, 1.54) is 23.9 Å². The number of hydrogen-bond acceptors (Lipinski definition) is 4. The van der Waals surface area contributed by atoms with Gasteiger partial charge in [-0.25, -0.2) is 9.07 Å². The second kappa shape index (κ2) is 8.53. The van der Waals surface area contributed by atoms with Gasteiger partial charge >= 0.3 is 0 Å². The molecule has 1 saturated heterocycles. The summed E-state index contributed by atoms with van der Waals surface area (Å²) in [6.07, 6.45) is 3.70. The van der Waals surface area contributed by atoms with Gasteiger partial charge < -0.3 is 0 Å². The van der Waals surface area contributed by atoms with E-state index in [-0.39, 0.29) is 11.7 Å². The number of hydrogen-bond donors (Lipinski definition) is 0. The minimum atomic E-state index is -0.308. The van der Waals surface area contributed by atoms with E-state index >= 15 is 0 Å². The van der Waals surface area contributed by atoms with Gasteiger partial charge in [0.25, 0.3) is 5.91 Å². The van der Waals surface area contributed by atoms with Crippen LogP contribution >= 0.6 is 24.0 Å². The lowest BCUT2D eigenvalue weighted by molar-refractivity contribution is -0.122. The summed E-state index contributed by atoms with van der Waals surface area (Å²) in [6, 6.07) is 15.9. The number of benzene rings is 2. The molecule has 1 aliphatic heterocycles. The van der Waals surface area contributed by atoms with Crippen LogP contribution in [0.25, 0.3) is 23.0 Å². The first-order valence-corrected chi connectivity index (χ1v) is 10.8. The van der Waals surface area contributed by atoms with Crippen molar-refractivity contribution in [1.29, 1.82) is 0 Å². The maximum atomic E-state index is 13.4. The largest absolute Gasteiger partial charge is 0.293 e. The molecule has 0 atom stereocenters. The van der Waals surface area contributed by atoms with Gasteiger partial charge in [0.2, 0.25) is 0 Å². The zero-order chi connectivity index (χ0) is 21.3. The van der Waals surface area contributed by atoms with Crippen LogP contribution in [-0.2, 0) is 4.79 Å². The Morgan fingerprint density at radius 1 is 1.13 bits per heavy atom. The number of halogens is 1. The van der Waals surface area contributed by atoms with Crippen LogP contribution in [0.3, 0.4) is 0 Å². The summed E-state index contributed by atoms with van der Waals surface area (Å²) in [5.41, 5.74) is 3.12. The summed E-state index contributed by atoms with van der Waals surface area (Å²) in [5.74, 6) is -0.0731. The molecule has 0 aliphatic carbocycles. The van der Waals surface area contributed by atoms with Crippen molar-refractivity contribution >= 4 is 40.3 Å². The number of aromatic nitrogens is 2. The summed E-state index contributed by atoms with van der Waals surface area (Å²) >= 11 is 6.72. The Kier molecular flexibility index (Phi) is 5.83. The maximum absolute atomic E-state index is 13.4. The number of nitrogens with zero attached hydrogens (tertiary/aromatic N) is 3. The number of thioether (sulfide) groups is 1. The molecule has 4 nitrogen and oxygen atoms in total. The maximum Gasteiger partial charge on any atom is 0.266 e. The molecule has 0 saturated carbocycles. The predicted octanol–water partition coefficient (Wildman–Crippen LogP) is 5.54. The molecule has 0 N–H and O–H groups in total. The number of thiocarbonyl (C=S) groups is 1. The number of para-hydroxylation sites is 1. The fourth-order valence-electron chi connectivity index (χ4n) is 3.20. The molecule has 1 amide bonds. The van der Waals surface area contributed by atoms with Crippen molar-refractivity contribution in [2.45, 2.75) is 13.8 Å². The smallest absolute Gasteiger partial charge is 0.266 e. The Hall–Kier alpha value is -2.77. The topological polar surface area (TPSA) is 38.1 Å². The Balaban J connectivity index is 1.78. The molecule has 3 aromatic rings. The van der Waals surface area contributed by atoms with Gasteiger partial charge in [0.1, 0.15) is 10.1 Å². The standard InChI is InChI=1S/C23H20FN3OS2/c1-15(2)13-26-22(28)20(30-23(26)29)12-17-14-27(19-6-4-3-5-7-19)25-21(17)16-8-10-18(24)11-9-16/h3-12,14-15H,13H2,1-2H3/b20-12+. The van der Waals surface area contributed by atoms with E-state index in [0.29, 0.717) is 27.4 Å². The second-order valence-corrected chi connectivity index (χ2v) is 9.08. The van der Waals surface area contributed by atoms with Crippen LogP contribution in [0, 0.1) is 11.7 Å². The summed E-state index contributed by atoms with van der Waals surface area (Å²) in [5, 5.41) is 4.72. The highest BCUT2D eigenvalue weighted by atomic mass is 32.2. The minimum absolute atomic E-state index is 0.0868.